The molecule has 0 bridgehead atoms. The van der Waals surface area contributed by atoms with Crippen molar-refractivity contribution in [2.24, 2.45) is 0 Å². The quantitative estimate of drug-likeness (QED) is 0.524. The van der Waals surface area contributed by atoms with Gasteiger partial charge in [-0.2, -0.15) is 10.6 Å². The number of H-pyrrole nitrogens is 1. The van der Waals surface area contributed by atoms with Crippen LogP contribution in [0.1, 0.15) is 5.56 Å². The Balaban J connectivity index is 2.24. The van der Waals surface area contributed by atoms with Crippen LogP contribution in [0.3, 0.4) is 0 Å². The van der Waals surface area contributed by atoms with E-state index in [0.717, 1.165) is 22.2 Å². The van der Waals surface area contributed by atoms with Crippen LogP contribution in [0.15, 0.2) is 30.6 Å². The monoisotopic (exact) mass is 187 g/mol. The van der Waals surface area contributed by atoms with Gasteiger partial charge in [0.15, 0.2) is 0 Å². The van der Waals surface area contributed by atoms with Crippen LogP contribution in [-0.2, 0) is 0 Å². The first-order chi connectivity index (χ1) is 6.95. The number of rotatable bonds is 1. The van der Waals surface area contributed by atoms with Gasteiger partial charge >= 0.3 is 0 Å². The van der Waals surface area contributed by atoms with Crippen LogP contribution in [-0.4, -0.2) is 10.2 Å². The second-order valence-corrected chi connectivity index (χ2v) is 3.09. The molecule has 1 aliphatic rings. The molecule has 5 heteroatoms. The highest BCUT2D eigenvalue weighted by molar-refractivity contribution is 5.90. The second-order valence-electron chi connectivity index (χ2n) is 3.09. The van der Waals surface area contributed by atoms with Gasteiger partial charge < -0.3 is 10.9 Å². The van der Waals surface area contributed by atoms with Crippen LogP contribution in [0, 0.1) is 0 Å². The lowest BCUT2D eigenvalue weighted by Crippen LogP contribution is -2.31. The molecule has 0 unspecified atom stereocenters. The van der Waals surface area contributed by atoms with E-state index in [0.29, 0.717) is 0 Å². The Morgan fingerprint density at radius 3 is 3.07 bits per heavy atom. The topological polar surface area (TPSA) is 64.8 Å². The molecule has 1 aromatic carbocycles. The number of fused-ring (bicyclic) bond motifs is 1. The molecule has 2 aromatic rings. The summed E-state index contributed by atoms with van der Waals surface area (Å²) in [5.74, 6) is 0. The predicted octanol–water partition coefficient (Wildman–Crippen LogP) is 0.474. The molecule has 0 atom stereocenters. The number of nitrogens with zero attached hydrogens (tertiary/aromatic N) is 1. The average molecular weight is 187 g/mol. The molecule has 0 saturated carbocycles. The minimum atomic E-state index is 1.000. The highest BCUT2D eigenvalue weighted by Gasteiger charge is 2.09. The summed E-state index contributed by atoms with van der Waals surface area (Å²) < 4.78 is 0. The fraction of sp³-hybridized carbons (Fsp3) is 0. The van der Waals surface area contributed by atoms with Crippen LogP contribution in [0.4, 0.5) is 0 Å². The van der Waals surface area contributed by atoms with E-state index < -0.39 is 0 Å². The standard InChI is InChI=1S/C9H9N5/c1-2-6-4-10-13-9(6)7(3-1)8-5-11-14-12-8/h1-5,11-12,14H,(H,10,13). The molecule has 5 nitrogen and oxygen atoms in total. The molecule has 1 aliphatic heterocycles. The Morgan fingerprint density at radius 2 is 2.21 bits per heavy atom. The molecule has 14 heavy (non-hydrogen) atoms. The molecule has 4 N–H and O–H groups in total. The first-order valence-corrected chi connectivity index (χ1v) is 4.34. The molecule has 70 valence electrons. The smallest absolute Gasteiger partial charge is 0.0770 e. The van der Waals surface area contributed by atoms with Crippen molar-refractivity contribution in [2.45, 2.75) is 0 Å². The van der Waals surface area contributed by atoms with E-state index in [9.17, 15) is 0 Å². The largest absolute Gasteiger partial charge is 0.309 e. The summed E-state index contributed by atoms with van der Waals surface area (Å²) in [7, 11) is 0. The lowest BCUT2D eigenvalue weighted by molar-refractivity contribution is 0.620. The van der Waals surface area contributed by atoms with Crippen LogP contribution >= 0.6 is 0 Å². The van der Waals surface area contributed by atoms with Gasteiger partial charge in [-0.1, -0.05) is 18.2 Å². The summed E-state index contributed by atoms with van der Waals surface area (Å²) in [6.45, 7) is 0. The number of hydrazine groups is 2. The van der Waals surface area contributed by atoms with Crippen molar-refractivity contribution in [3.05, 3.63) is 36.2 Å². The molecular weight excluding hydrogens is 178 g/mol. The number of aromatic amines is 1. The van der Waals surface area contributed by atoms with Gasteiger partial charge in [-0.15, -0.1) is 0 Å². The molecule has 0 amide bonds. The Hall–Kier alpha value is -2.01. The first kappa shape index (κ1) is 7.40. The van der Waals surface area contributed by atoms with Crippen LogP contribution in [0.25, 0.3) is 16.6 Å². The summed E-state index contributed by atoms with van der Waals surface area (Å²) in [4.78, 5) is 0. The molecule has 0 fully saturated rings. The lowest BCUT2D eigenvalue weighted by Gasteiger charge is -2.03. The first-order valence-electron chi connectivity index (χ1n) is 4.34. The van der Waals surface area contributed by atoms with E-state index in [4.69, 9.17) is 0 Å². The van der Waals surface area contributed by atoms with Gasteiger partial charge in [0.25, 0.3) is 0 Å². The van der Waals surface area contributed by atoms with Gasteiger partial charge in [0.1, 0.15) is 0 Å². The Labute approximate surface area is 80.1 Å². The van der Waals surface area contributed by atoms with Crippen molar-refractivity contribution in [1.29, 1.82) is 0 Å². The van der Waals surface area contributed by atoms with Gasteiger partial charge in [0, 0.05) is 17.1 Å². The number of hydrogen-bond donors (Lipinski definition) is 4. The van der Waals surface area contributed by atoms with E-state index >= 15 is 0 Å². The van der Waals surface area contributed by atoms with Gasteiger partial charge in [-0.3, -0.25) is 5.10 Å². The van der Waals surface area contributed by atoms with Crippen LogP contribution < -0.4 is 16.4 Å². The minimum Gasteiger partial charge on any atom is -0.309 e. The predicted molar refractivity (Wildman–Crippen MR) is 53.5 cm³/mol. The third-order valence-corrected chi connectivity index (χ3v) is 2.25. The number of benzene rings is 1. The molecule has 1 aromatic heterocycles. The maximum Gasteiger partial charge on any atom is 0.0770 e. The maximum absolute atomic E-state index is 4.01. The lowest BCUT2D eigenvalue weighted by atomic mass is 10.1. The molecule has 0 spiro atoms. The van der Waals surface area contributed by atoms with E-state index in [-0.39, 0.29) is 0 Å². The van der Waals surface area contributed by atoms with Gasteiger partial charge in [-0.25, -0.2) is 0 Å². The van der Waals surface area contributed by atoms with E-state index in [1.54, 1.807) is 0 Å². The maximum atomic E-state index is 4.01. The Kier molecular flexibility index (Phi) is 1.45. The molecule has 2 heterocycles. The van der Waals surface area contributed by atoms with Crippen molar-refractivity contribution in [1.82, 2.24) is 26.6 Å². The van der Waals surface area contributed by atoms with Crippen molar-refractivity contribution in [2.75, 3.05) is 0 Å². The fourth-order valence-corrected chi connectivity index (χ4v) is 1.59. The third kappa shape index (κ3) is 0.961. The second kappa shape index (κ2) is 2.74. The van der Waals surface area contributed by atoms with E-state index in [1.807, 2.05) is 30.6 Å². The summed E-state index contributed by atoms with van der Waals surface area (Å²) in [6.07, 6.45) is 3.69. The summed E-state index contributed by atoms with van der Waals surface area (Å²) in [5, 5.41) is 8.10. The number of para-hydroxylation sites is 1. The van der Waals surface area contributed by atoms with Crippen molar-refractivity contribution >= 4 is 16.6 Å². The molecule has 0 aliphatic carbocycles. The molecule has 0 radical (unpaired) electrons. The van der Waals surface area contributed by atoms with E-state index in [1.165, 1.54) is 0 Å². The molecule has 0 saturated heterocycles. The highest BCUT2D eigenvalue weighted by atomic mass is 15.6. The SMILES string of the molecule is C1=C(c2cccc3cn[nH]c23)NNN1. The summed E-state index contributed by atoms with van der Waals surface area (Å²) >= 11 is 0. The molecule has 3 rings (SSSR count). The zero-order valence-corrected chi connectivity index (χ0v) is 7.33. The summed E-state index contributed by atoms with van der Waals surface area (Å²) in [5.41, 5.74) is 11.8. The van der Waals surface area contributed by atoms with Crippen molar-refractivity contribution < 1.29 is 0 Å². The number of aromatic nitrogens is 2. The third-order valence-electron chi connectivity index (χ3n) is 2.25. The zero-order chi connectivity index (χ0) is 9.38. The van der Waals surface area contributed by atoms with Crippen molar-refractivity contribution in [3.8, 4) is 0 Å². The number of hydrogen-bond acceptors (Lipinski definition) is 4. The highest BCUT2D eigenvalue weighted by Crippen LogP contribution is 2.21. The van der Waals surface area contributed by atoms with Gasteiger partial charge in [0.2, 0.25) is 0 Å². The normalized spacial score (nSPS) is 15.0. The van der Waals surface area contributed by atoms with Crippen LogP contribution in [0.2, 0.25) is 0 Å². The fourth-order valence-electron chi connectivity index (χ4n) is 1.59. The Morgan fingerprint density at radius 1 is 1.21 bits per heavy atom. The zero-order valence-electron chi connectivity index (χ0n) is 7.33. The molecular formula is C9H9N5. The van der Waals surface area contributed by atoms with E-state index in [2.05, 4.69) is 26.6 Å². The van der Waals surface area contributed by atoms with Gasteiger partial charge in [0.05, 0.1) is 17.4 Å². The minimum absolute atomic E-state index is 1.000. The van der Waals surface area contributed by atoms with Crippen molar-refractivity contribution in [3.63, 3.8) is 0 Å². The van der Waals surface area contributed by atoms with Gasteiger partial charge in [-0.05, 0) is 0 Å². The Bertz CT molecular complexity index is 499. The van der Waals surface area contributed by atoms with Crippen LogP contribution in [0.5, 0.6) is 0 Å². The summed E-state index contributed by atoms with van der Waals surface area (Å²) in [6, 6.07) is 6.07. The number of nitrogens with one attached hydrogen (secondary N) is 4. The average Bonchev–Trinajstić information content (AvgIpc) is 2.88.